The van der Waals surface area contributed by atoms with E-state index in [-0.39, 0.29) is 12.0 Å². The zero-order chi connectivity index (χ0) is 14.5. The van der Waals surface area contributed by atoms with Crippen molar-refractivity contribution < 1.29 is 13.9 Å². The van der Waals surface area contributed by atoms with E-state index in [1.54, 1.807) is 11.0 Å². The van der Waals surface area contributed by atoms with Crippen LogP contribution in [0.2, 0.25) is 0 Å². The van der Waals surface area contributed by atoms with E-state index < -0.39 is 5.82 Å². The number of carbonyl (C=O) groups is 1. The first kappa shape index (κ1) is 15.4. The first-order valence-corrected chi connectivity index (χ1v) is 7.77. The van der Waals surface area contributed by atoms with Crippen LogP contribution in [0.15, 0.2) is 22.7 Å². The van der Waals surface area contributed by atoms with E-state index in [1.165, 1.54) is 12.1 Å². The van der Waals surface area contributed by atoms with Gasteiger partial charge in [-0.2, -0.15) is 0 Å². The van der Waals surface area contributed by atoms with Crippen LogP contribution in [0, 0.1) is 5.82 Å². The number of hydrogen-bond acceptors (Lipinski definition) is 2. The van der Waals surface area contributed by atoms with Gasteiger partial charge in [0.15, 0.2) is 0 Å². The molecule has 1 aromatic rings. The second kappa shape index (κ2) is 7.18. The monoisotopic (exact) mass is 343 g/mol. The Morgan fingerprint density at radius 2 is 2.35 bits per heavy atom. The highest BCUT2D eigenvalue weighted by molar-refractivity contribution is 9.10. The first-order chi connectivity index (χ1) is 9.61. The van der Waals surface area contributed by atoms with Crippen molar-refractivity contribution in [1.29, 1.82) is 0 Å². The van der Waals surface area contributed by atoms with Gasteiger partial charge in [-0.25, -0.2) is 4.39 Å². The van der Waals surface area contributed by atoms with Crippen LogP contribution in [-0.2, 0) is 4.74 Å². The molecule has 1 aliphatic rings. The van der Waals surface area contributed by atoms with Crippen molar-refractivity contribution in [3.8, 4) is 0 Å². The lowest BCUT2D eigenvalue weighted by molar-refractivity contribution is 0.00207. The number of piperidine rings is 1. The topological polar surface area (TPSA) is 29.5 Å². The van der Waals surface area contributed by atoms with Crippen LogP contribution >= 0.6 is 15.9 Å². The van der Waals surface area contributed by atoms with Gasteiger partial charge in [0.25, 0.3) is 5.91 Å². The molecular weight excluding hydrogens is 325 g/mol. The smallest absolute Gasteiger partial charge is 0.255 e. The second-order valence-electron chi connectivity index (χ2n) is 5.01. The maximum atomic E-state index is 13.3. The molecule has 1 saturated heterocycles. The minimum atomic E-state index is -0.396. The molecule has 1 amide bonds. The SMILES string of the molecule is CCCOC1CCCN(C(=O)c2cc(F)ccc2Br)C1. The molecule has 1 atom stereocenters. The standard InChI is InChI=1S/C15H19BrFNO2/c1-2-8-20-12-4-3-7-18(10-12)15(19)13-9-11(17)5-6-14(13)16/h5-6,9,12H,2-4,7-8,10H2,1H3. The third-order valence-electron chi connectivity index (χ3n) is 3.38. The van der Waals surface area contributed by atoms with Gasteiger partial charge in [-0.15, -0.1) is 0 Å². The number of halogens is 2. The summed E-state index contributed by atoms with van der Waals surface area (Å²) in [5, 5.41) is 0. The van der Waals surface area contributed by atoms with Crippen LogP contribution < -0.4 is 0 Å². The van der Waals surface area contributed by atoms with E-state index in [0.717, 1.165) is 25.9 Å². The molecule has 2 rings (SSSR count). The second-order valence-corrected chi connectivity index (χ2v) is 5.86. The third kappa shape index (κ3) is 3.79. The molecule has 0 bridgehead atoms. The van der Waals surface area contributed by atoms with Crippen molar-refractivity contribution in [3.63, 3.8) is 0 Å². The summed E-state index contributed by atoms with van der Waals surface area (Å²) in [6, 6.07) is 4.19. The minimum absolute atomic E-state index is 0.0972. The number of likely N-dealkylation sites (tertiary alicyclic amines) is 1. The Bertz CT molecular complexity index is 481. The van der Waals surface area contributed by atoms with Crippen LogP contribution in [-0.4, -0.2) is 36.6 Å². The van der Waals surface area contributed by atoms with Gasteiger partial charge in [-0.3, -0.25) is 4.79 Å². The number of hydrogen-bond donors (Lipinski definition) is 0. The normalized spacial score (nSPS) is 19.1. The predicted molar refractivity (Wildman–Crippen MR) is 79.3 cm³/mol. The zero-order valence-corrected chi connectivity index (χ0v) is 13.2. The van der Waals surface area contributed by atoms with E-state index in [0.29, 0.717) is 23.1 Å². The Morgan fingerprint density at radius 1 is 1.55 bits per heavy atom. The van der Waals surface area contributed by atoms with Gasteiger partial charge in [-0.1, -0.05) is 6.92 Å². The summed E-state index contributed by atoms with van der Waals surface area (Å²) in [5.41, 5.74) is 0.376. The van der Waals surface area contributed by atoms with Crippen molar-refractivity contribution in [1.82, 2.24) is 4.90 Å². The molecule has 1 aromatic carbocycles. The fourth-order valence-corrected chi connectivity index (χ4v) is 2.79. The van der Waals surface area contributed by atoms with Crippen molar-refractivity contribution in [2.24, 2.45) is 0 Å². The van der Waals surface area contributed by atoms with Gasteiger partial charge in [0.1, 0.15) is 5.82 Å². The molecule has 1 aliphatic heterocycles. The molecule has 3 nitrogen and oxygen atoms in total. The lowest BCUT2D eigenvalue weighted by Gasteiger charge is -2.33. The quantitative estimate of drug-likeness (QED) is 0.835. The molecule has 0 radical (unpaired) electrons. The molecule has 1 heterocycles. The number of benzene rings is 1. The molecule has 0 aliphatic carbocycles. The van der Waals surface area contributed by atoms with Gasteiger partial charge in [-0.05, 0) is 53.4 Å². The minimum Gasteiger partial charge on any atom is -0.376 e. The molecule has 1 fully saturated rings. The van der Waals surface area contributed by atoms with Crippen molar-refractivity contribution >= 4 is 21.8 Å². The van der Waals surface area contributed by atoms with Gasteiger partial charge in [0, 0.05) is 24.2 Å². The van der Waals surface area contributed by atoms with E-state index in [9.17, 15) is 9.18 Å². The van der Waals surface area contributed by atoms with Crippen molar-refractivity contribution in [3.05, 3.63) is 34.1 Å². The Labute approximate surface area is 127 Å². The largest absolute Gasteiger partial charge is 0.376 e. The summed E-state index contributed by atoms with van der Waals surface area (Å²) < 4.78 is 19.6. The molecule has 1 unspecified atom stereocenters. The average molecular weight is 344 g/mol. The molecular formula is C15H19BrFNO2. The van der Waals surface area contributed by atoms with Crippen molar-refractivity contribution in [2.75, 3.05) is 19.7 Å². The summed E-state index contributed by atoms with van der Waals surface area (Å²) in [7, 11) is 0. The highest BCUT2D eigenvalue weighted by atomic mass is 79.9. The third-order valence-corrected chi connectivity index (χ3v) is 4.07. The highest BCUT2D eigenvalue weighted by Crippen LogP contribution is 2.22. The van der Waals surface area contributed by atoms with Crippen LogP contribution in [0.3, 0.4) is 0 Å². The number of nitrogens with zero attached hydrogens (tertiary/aromatic N) is 1. The summed E-state index contributed by atoms with van der Waals surface area (Å²) in [5.74, 6) is -0.534. The average Bonchev–Trinajstić information content (AvgIpc) is 2.47. The summed E-state index contributed by atoms with van der Waals surface area (Å²) >= 11 is 3.31. The highest BCUT2D eigenvalue weighted by Gasteiger charge is 2.26. The summed E-state index contributed by atoms with van der Waals surface area (Å²) in [6.07, 6.45) is 2.97. The van der Waals surface area contributed by atoms with Gasteiger partial charge in [0.05, 0.1) is 11.7 Å². The summed E-state index contributed by atoms with van der Waals surface area (Å²) in [6.45, 7) is 4.07. The fourth-order valence-electron chi connectivity index (χ4n) is 2.37. The van der Waals surface area contributed by atoms with Crippen LogP contribution in [0.25, 0.3) is 0 Å². The van der Waals surface area contributed by atoms with E-state index >= 15 is 0 Å². The molecule has 0 saturated carbocycles. The lowest BCUT2D eigenvalue weighted by Crippen LogP contribution is -2.43. The molecule has 0 spiro atoms. The number of carbonyl (C=O) groups excluding carboxylic acids is 1. The summed E-state index contributed by atoms with van der Waals surface area (Å²) in [4.78, 5) is 14.2. The van der Waals surface area contributed by atoms with Gasteiger partial charge < -0.3 is 9.64 Å². The number of amides is 1. The first-order valence-electron chi connectivity index (χ1n) is 6.97. The van der Waals surface area contributed by atoms with E-state index in [1.807, 2.05) is 0 Å². The molecule has 0 aromatic heterocycles. The number of ether oxygens (including phenoxy) is 1. The van der Waals surface area contributed by atoms with Crippen LogP contribution in [0.5, 0.6) is 0 Å². The lowest BCUT2D eigenvalue weighted by atomic mass is 10.1. The maximum Gasteiger partial charge on any atom is 0.255 e. The Kier molecular flexibility index (Phi) is 5.54. The number of rotatable bonds is 4. The van der Waals surface area contributed by atoms with Crippen molar-refractivity contribution in [2.45, 2.75) is 32.3 Å². The zero-order valence-electron chi connectivity index (χ0n) is 11.6. The van der Waals surface area contributed by atoms with E-state index in [4.69, 9.17) is 4.74 Å². The predicted octanol–water partition coefficient (Wildman–Crippen LogP) is 3.62. The van der Waals surface area contributed by atoms with Crippen LogP contribution in [0.1, 0.15) is 36.5 Å². The molecule has 110 valence electrons. The Balaban J connectivity index is 2.06. The van der Waals surface area contributed by atoms with E-state index in [2.05, 4.69) is 22.9 Å². The maximum absolute atomic E-state index is 13.3. The molecule has 0 N–H and O–H groups in total. The molecule has 20 heavy (non-hydrogen) atoms. The van der Waals surface area contributed by atoms with Gasteiger partial charge in [0.2, 0.25) is 0 Å². The molecule has 5 heteroatoms. The fraction of sp³-hybridized carbons (Fsp3) is 0.533. The Morgan fingerprint density at radius 3 is 3.10 bits per heavy atom. The van der Waals surface area contributed by atoms with Gasteiger partial charge >= 0.3 is 0 Å². The van der Waals surface area contributed by atoms with Crippen LogP contribution in [0.4, 0.5) is 4.39 Å². The Hall–Kier alpha value is -0.940.